The fourth-order valence-corrected chi connectivity index (χ4v) is 2.62. The van der Waals surface area contributed by atoms with Crippen LogP contribution >= 0.6 is 0 Å². The lowest BCUT2D eigenvalue weighted by atomic mass is 9.71. The van der Waals surface area contributed by atoms with E-state index < -0.39 is 6.04 Å². The van der Waals surface area contributed by atoms with Crippen LogP contribution in [0.3, 0.4) is 0 Å². The Kier molecular flexibility index (Phi) is 3.77. The summed E-state index contributed by atoms with van der Waals surface area (Å²) < 4.78 is 5.39. The molecule has 1 rings (SSSR count). The molecule has 1 aliphatic carbocycles. The number of nitrogens with two attached hydrogens (primary N) is 1. The number of ether oxygens (including phenoxy) is 1. The summed E-state index contributed by atoms with van der Waals surface area (Å²) in [4.78, 5) is 11.4. The van der Waals surface area contributed by atoms with E-state index in [9.17, 15) is 4.79 Å². The van der Waals surface area contributed by atoms with E-state index in [-0.39, 0.29) is 17.5 Å². The van der Waals surface area contributed by atoms with Crippen LogP contribution in [0.15, 0.2) is 0 Å². The van der Waals surface area contributed by atoms with Crippen molar-refractivity contribution < 1.29 is 9.53 Å². The summed E-state index contributed by atoms with van der Waals surface area (Å²) in [6.07, 6.45) is 3.19. The number of esters is 1. The highest BCUT2D eigenvalue weighted by molar-refractivity contribution is 5.75. The van der Waals surface area contributed by atoms with Gasteiger partial charge in [0.15, 0.2) is 0 Å². The van der Waals surface area contributed by atoms with Crippen LogP contribution in [-0.4, -0.2) is 18.1 Å². The number of rotatable bonds is 2. The highest BCUT2D eigenvalue weighted by atomic mass is 16.5. The molecule has 2 unspecified atom stereocenters. The zero-order chi connectivity index (χ0) is 11.6. The summed E-state index contributed by atoms with van der Waals surface area (Å²) in [7, 11) is 0. The third-order valence-corrected chi connectivity index (χ3v) is 3.00. The lowest BCUT2D eigenvalue weighted by molar-refractivity contribution is -0.154. The molecule has 0 amide bonds. The van der Waals surface area contributed by atoms with E-state index in [4.69, 9.17) is 10.5 Å². The molecule has 1 aliphatic rings. The van der Waals surface area contributed by atoms with Gasteiger partial charge in [0.05, 0.1) is 0 Å². The lowest BCUT2D eigenvalue weighted by Gasteiger charge is -2.38. The number of carbonyl (C=O) groups is 1. The summed E-state index contributed by atoms with van der Waals surface area (Å²) in [6, 6.07) is -0.509. The summed E-state index contributed by atoms with van der Waals surface area (Å²) in [5.41, 5.74) is 5.76. The molecule has 0 aromatic carbocycles. The molecule has 0 aromatic heterocycles. The van der Waals surface area contributed by atoms with Gasteiger partial charge in [-0.15, -0.1) is 0 Å². The Morgan fingerprint density at radius 2 is 2.07 bits per heavy atom. The van der Waals surface area contributed by atoms with E-state index in [0.717, 1.165) is 12.8 Å². The normalized spacial score (nSPS) is 32.1. The third kappa shape index (κ3) is 3.82. The zero-order valence-corrected chi connectivity index (χ0v) is 10.2. The van der Waals surface area contributed by atoms with Gasteiger partial charge >= 0.3 is 5.97 Å². The highest BCUT2D eigenvalue weighted by Gasteiger charge is 2.34. The van der Waals surface area contributed by atoms with Gasteiger partial charge in [-0.05, 0) is 37.5 Å². The summed E-state index contributed by atoms with van der Waals surface area (Å²) in [5, 5.41) is 0. The van der Waals surface area contributed by atoms with E-state index in [1.54, 1.807) is 6.92 Å². The predicted molar refractivity (Wildman–Crippen MR) is 60.3 cm³/mol. The topological polar surface area (TPSA) is 52.3 Å². The van der Waals surface area contributed by atoms with Crippen LogP contribution in [0.25, 0.3) is 0 Å². The molecule has 3 atom stereocenters. The van der Waals surface area contributed by atoms with E-state index in [2.05, 4.69) is 20.8 Å². The molecule has 0 bridgehead atoms. The van der Waals surface area contributed by atoms with Gasteiger partial charge in [0.25, 0.3) is 0 Å². The van der Waals surface area contributed by atoms with Crippen LogP contribution in [0.4, 0.5) is 0 Å². The van der Waals surface area contributed by atoms with Crippen LogP contribution in [0.5, 0.6) is 0 Å². The SMILES string of the molecule is CC1CC(OC(=O)[C@@H](C)N)CC(C)(C)C1. The van der Waals surface area contributed by atoms with Crippen LogP contribution in [0, 0.1) is 11.3 Å². The van der Waals surface area contributed by atoms with Crippen molar-refractivity contribution in [3.05, 3.63) is 0 Å². The van der Waals surface area contributed by atoms with Crippen molar-refractivity contribution in [1.29, 1.82) is 0 Å². The molecule has 0 spiro atoms. The molecule has 15 heavy (non-hydrogen) atoms. The molecule has 3 heteroatoms. The zero-order valence-electron chi connectivity index (χ0n) is 10.2. The van der Waals surface area contributed by atoms with Crippen LogP contribution in [0.2, 0.25) is 0 Å². The molecular weight excluding hydrogens is 190 g/mol. The molecule has 0 radical (unpaired) electrons. The standard InChI is InChI=1S/C12H23NO2/c1-8-5-10(7-12(3,4)6-8)15-11(14)9(2)13/h8-10H,5-7,13H2,1-4H3/t8?,9-,10?/m1/s1. The van der Waals surface area contributed by atoms with Gasteiger partial charge in [0, 0.05) is 0 Å². The molecule has 0 aromatic rings. The average molecular weight is 213 g/mol. The van der Waals surface area contributed by atoms with Crippen molar-refractivity contribution in [1.82, 2.24) is 0 Å². The second-order valence-corrected chi connectivity index (χ2v) is 5.76. The first kappa shape index (κ1) is 12.5. The van der Waals surface area contributed by atoms with Gasteiger partial charge in [-0.3, -0.25) is 4.79 Å². The van der Waals surface area contributed by atoms with Gasteiger partial charge in [0.1, 0.15) is 12.1 Å². The Labute approximate surface area is 92.4 Å². The first-order valence-corrected chi connectivity index (χ1v) is 5.76. The van der Waals surface area contributed by atoms with Gasteiger partial charge in [0.2, 0.25) is 0 Å². The minimum Gasteiger partial charge on any atom is -0.461 e. The lowest BCUT2D eigenvalue weighted by Crippen LogP contribution is -2.38. The molecule has 1 fully saturated rings. The van der Waals surface area contributed by atoms with Gasteiger partial charge in [-0.1, -0.05) is 20.8 Å². The molecule has 0 aliphatic heterocycles. The Balaban J connectivity index is 2.52. The van der Waals surface area contributed by atoms with E-state index in [1.165, 1.54) is 6.42 Å². The van der Waals surface area contributed by atoms with E-state index in [1.807, 2.05) is 0 Å². The maximum Gasteiger partial charge on any atom is 0.322 e. The molecule has 0 heterocycles. The average Bonchev–Trinajstić information content (AvgIpc) is 1.99. The summed E-state index contributed by atoms with van der Waals surface area (Å²) in [6.45, 7) is 8.35. The van der Waals surface area contributed by atoms with Crippen molar-refractivity contribution >= 4 is 5.97 Å². The maximum atomic E-state index is 11.4. The van der Waals surface area contributed by atoms with Crippen molar-refractivity contribution in [2.45, 2.75) is 59.1 Å². The van der Waals surface area contributed by atoms with Crippen molar-refractivity contribution in [2.24, 2.45) is 17.1 Å². The van der Waals surface area contributed by atoms with E-state index >= 15 is 0 Å². The van der Waals surface area contributed by atoms with Crippen LogP contribution in [0.1, 0.15) is 47.0 Å². The molecule has 3 nitrogen and oxygen atoms in total. The van der Waals surface area contributed by atoms with Crippen LogP contribution < -0.4 is 5.73 Å². The number of carbonyl (C=O) groups excluding carboxylic acids is 1. The van der Waals surface area contributed by atoms with Crippen molar-refractivity contribution in [3.63, 3.8) is 0 Å². The smallest absolute Gasteiger partial charge is 0.322 e. The Morgan fingerprint density at radius 1 is 1.47 bits per heavy atom. The first-order valence-electron chi connectivity index (χ1n) is 5.76. The van der Waals surface area contributed by atoms with Crippen molar-refractivity contribution in [3.8, 4) is 0 Å². The van der Waals surface area contributed by atoms with Gasteiger partial charge in [-0.25, -0.2) is 0 Å². The molecule has 88 valence electrons. The second-order valence-electron chi connectivity index (χ2n) is 5.76. The summed E-state index contributed by atoms with van der Waals surface area (Å²) in [5.74, 6) is 0.351. The fraction of sp³-hybridized carbons (Fsp3) is 0.917. The quantitative estimate of drug-likeness (QED) is 0.715. The monoisotopic (exact) mass is 213 g/mol. The van der Waals surface area contributed by atoms with Crippen LogP contribution in [-0.2, 0) is 9.53 Å². The molecule has 1 saturated carbocycles. The van der Waals surface area contributed by atoms with Gasteiger partial charge < -0.3 is 10.5 Å². The van der Waals surface area contributed by atoms with Gasteiger partial charge in [-0.2, -0.15) is 0 Å². The summed E-state index contributed by atoms with van der Waals surface area (Å²) >= 11 is 0. The first-order chi connectivity index (χ1) is 6.80. The Bertz CT molecular complexity index is 236. The minimum absolute atomic E-state index is 0.0576. The Hall–Kier alpha value is -0.570. The number of hydrogen-bond donors (Lipinski definition) is 1. The third-order valence-electron chi connectivity index (χ3n) is 3.00. The second kappa shape index (κ2) is 4.52. The predicted octanol–water partition coefficient (Wildman–Crippen LogP) is 2.09. The molecular formula is C12H23NO2. The molecule has 0 saturated heterocycles. The van der Waals surface area contributed by atoms with Crippen molar-refractivity contribution in [2.75, 3.05) is 0 Å². The minimum atomic E-state index is -0.509. The Morgan fingerprint density at radius 3 is 2.53 bits per heavy atom. The van der Waals surface area contributed by atoms with E-state index in [0.29, 0.717) is 5.92 Å². The fourth-order valence-electron chi connectivity index (χ4n) is 2.62. The number of hydrogen-bond acceptors (Lipinski definition) is 3. The highest BCUT2D eigenvalue weighted by Crippen LogP contribution is 2.39. The molecule has 2 N–H and O–H groups in total. The maximum absolute atomic E-state index is 11.4. The largest absolute Gasteiger partial charge is 0.461 e.